The summed E-state index contributed by atoms with van der Waals surface area (Å²) >= 11 is 0. The number of nitrogens with one attached hydrogen (secondary N) is 1. The highest BCUT2D eigenvalue weighted by Crippen LogP contribution is 2.11. The number of carbonyl (C=O) groups is 1. The molecule has 0 fully saturated rings. The van der Waals surface area contributed by atoms with Crippen molar-refractivity contribution >= 4 is 11.6 Å². The molecule has 1 amide bonds. The number of halogens is 1. The summed E-state index contributed by atoms with van der Waals surface area (Å²) in [6.07, 6.45) is 4.34. The summed E-state index contributed by atoms with van der Waals surface area (Å²) in [7, 11) is 0. The SMILES string of the molecule is CCCCCC(C)NC(=O)c1cc(N)cc(F)c1. The summed E-state index contributed by atoms with van der Waals surface area (Å²) in [5, 5.41) is 2.85. The number of hydrogen-bond donors (Lipinski definition) is 2. The second-order valence-electron chi connectivity index (χ2n) is 4.64. The fourth-order valence-corrected chi connectivity index (χ4v) is 1.82. The number of rotatable bonds is 6. The quantitative estimate of drug-likeness (QED) is 0.603. The van der Waals surface area contributed by atoms with Gasteiger partial charge in [0.2, 0.25) is 0 Å². The van der Waals surface area contributed by atoms with E-state index in [9.17, 15) is 9.18 Å². The van der Waals surface area contributed by atoms with E-state index in [1.165, 1.54) is 18.2 Å². The Bertz CT molecular complexity index is 387. The Balaban J connectivity index is 2.54. The fraction of sp³-hybridized carbons (Fsp3) is 0.500. The van der Waals surface area contributed by atoms with Crippen LogP contribution in [0.5, 0.6) is 0 Å². The molecule has 0 saturated carbocycles. The van der Waals surface area contributed by atoms with Crippen LogP contribution in [0.3, 0.4) is 0 Å². The van der Waals surface area contributed by atoms with Crippen LogP contribution in [0.15, 0.2) is 18.2 Å². The van der Waals surface area contributed by atoms with Crippen molar-refractivity contribution in [3.05, 3.63) is 29.6 Å². The van der Waals surface area contributed by atoms with E-state index in [2.05, 4.69) is 12.2 Å². The van der Waals surface area contributed by atoms with E-state index in [-0.39, 0.29) is 23.2 Å². The maximum absolute atomic E-state index is 13.1. The van der Waals surface area contributed by atoms with Crippen molar-refractivity contribution in [2.24, 2.45) is 0 Å². The van der Waals surface area contributed by atoms with Crippen LogP contribution < -0.4 is 11.1 Å². The monoisotopic (exact) mass is 252 g/mol. The molecule has 3 N–H and O–H groups in total. The number of anilines is 1. The molecule has 1 atom stereocenters. The topological polar surface area (TPSA) is 55.1 Å². The van der Waals surface area contributed by atoms with Crippen LogP contribution in [0.25, 0.3) is 0 Å². The fourth-order valence-electron chi connectivity index (χ4n) is 1.82. The zero-order valence-electron chi connectivity index (χ0n) is 11.0. The van der Waals surface area contributed by atoms with E-state index in [0.29, 0.717) is 0 Å². The number of unbranched alkanes of at least 4 members (excludes halogenated alkanes) is 2. The molecule has 0 saturated heterocycles. The Hall–Kier alpha value is -1.58. The van der Waals surface area contributed by atoms with Gasteiger partial charge in [-0.15, -0.1) is 0 Å². The molecule has 3 nitrogen and oxygen atoms in total. The van der Waals surface area contributed by atoms with Gasteiger partial charge in [0.15, 0.2) is 0 Å². The van der Waals surface area contributed by atoms with Crippen molar-refractivity contribution in [1.82, 2.24) is 5.32 Å². The summed E-state index contributed by atoms with van der Waals surface area (Å²) in [6.45, 7) is 4.09. The first-order valence-corrected chi connectivity index (χ1v) is 6.40. The minimum atomic E-state index is -0.487. The molecular formula is C14H21FN2O. The third kappa shape index (κ3) is 4.73. The molecular weight excluding hydrogens is 231 g/mol. The van der Waals surface area contributed by atoms with Crippen molar-refractivity contribution < 1.29 is 9.18 Å². The van der Waals surface area contributed by atoms with Crippen LogP contribution in [-0.4, -0.2) is 11.9 Å². The van der Waals surface area contributed by atoms with Gasteiger partial charge in [0.05, 0.1) is 0 Å². The van der Waals surface area contributed by atoms with E-state index in [0.717, 1.165) is 25.7 Å². The number of nitrogens with two attached hydrogens (primary N) is 1. The Morgan fingerprint density at radius 1 is 1.39 bits per heavy atom. The second-order valence-corrected chi connectivity index (χ2v) is 4.64. The smallest absolute Gasteiger partial charge is 0.251 e. The maximum atomic E-state index is 13.1. The van der Waals surface area contributed by atoms with Gasteiger partial charge in [0.1, 0.15) is 5.82 Å². The minimum absolute atomic E-state index is 0.0912. The Labute approximate surface area is 108 Å². The lowest BCUT2D eigenvalue weighted by Gasteiger charge is -2.13. The molecule has 4 heteroatoms. The van der Waals surface area contributed by atoms with E-state index in [4.69, 9.17) is 5.73 Å². The highest BCUT2D eigenvalue weighted by atomic mass is 19.1. The van der Waals surface area contributed by atoms with Gasteiger partial charge >= 0.3 is 0 Å². The van der Waals surface area contributed by atoms with Crippen molar-refractivity contribution in [2.45, 2.75) is 45.6 Å². The molecule has 1 rings (SSSR count). The largest absolute Gasteiger partial charge is 0.399 e. The molecule has 1 aromatic carbocycles. The standard InChI is InChI=1S/C14H21FN2O/c1-3-4-5-6-10(2)17-14(18)11-7-12(15)9-13(16)8-11/h7-10H,3-6,16H2,1-2H3,(H,17,18). The van der Waals surface area contributed by atoms with Crippen LogP contribution >= 0.6 is 0 Å². The Morgan fingerprint density at radius 2 is 2.11 bits per heavy atom. The Kier molecular flexibility index (Phi) is 5.62. The van der Waals surface area contributed by atoms with Gasteiger partial charge < -0.3 is 11.1 Å². The van der Waals surface area contributed by atoms with Crippen LogP contribution in [0.1, 0.15) is 49.9 Å². The van der Waals surface area contributed by atoms with Crippen LogP contribution in [-0.2, 0) is 0 Å². The van der Waals surface area contributed by atoms with Crippen molar-refractivity contribution in [1.29, 1.82) is 0 Å². The molecule has 0 aliphatic carbocycles. The first-order valence-electron chi connectivity index (χ1n) is 6.40. The first-order chi connectivity index (χ1) is 8.52. The molecule has 0 bridgehead atoms. The molecule has 1 aromatic rings. The van der Waals surface area contributed by atoms with Crippen molar-refractivity contribution in [3.8, 4) is 0 Å². The minimum Gasteiger partial charge on any atom is -0.399 e. The third-order valence-corrected chi connectivity index (χ3v) is 2.80. The molecule has 100 valence electrons. The molecule has 0 radical (unpaired) electrons. The Morgan fingerprint density at radius 3 is 2.72 bits per heavy atom. The third-order valence-electron chi connectivity index (χ3n) is 2.80. The van der Waals surface area contributed by atoms with Gasteiger partial charge in [-0.2, -0.15) is 0 Å². The zero-order valence-corrected chi connectivity index (χ0v) is 11.0. The summed E-state index contributed by atoms with van der Waals surface area (Å²) in [4.78, 5) is 11.9. The lowest BCUT2D eigenvalue weighted by molar-refractivity contribution is 0.0937. The number of amides is 1. The summed E-state index contributed by atoms with van der Waals surface area (Å²) in [5.41, 5.74) is 6.04. The van der Waals surface area contributed by atoms with Gasteiger partial charge in [-0.05, 0) is 31.5 Å². The van der Waals surface area contributed by atoms with E-state index in [1.54, 1.807) is 0 Å². The second kappa shape index (κ2) is 6.99. The average molecular weight is 252 g/mol. The van der Waals surface area contributed by atoms with Crippen molar-refractivity contribution in [2.75, 3.05) is 5.73 Å². The van der Waals surface area contributed by atoms with Crippen molar-refractivity contribution in [3.63, 3.8) is 0 Å². The van der Waals surface area contributed by atoms with Gasteiger partial charge in [0.25, 0.3) is 5.91 Å². The molecule has 0 heterocycles. The van der Waals surface area contributed by atoms with Crippen LogP contribution in [0.4, 0.5) is 10.1 Å². The average Bonchev–Trinajstić information content (AvgIpc) is 2.28. The molecule has 0 aliphatic heterocycles. The molecule has 0 aliphatic rings. The van der Waals surface area contributed by atoms with Gasteiger partial charge in [-0.25, -0.2) is 4.39 Å². The molecule has 0 spiro atoms. The van der Waals surface area contributed by atoms with Gasteiger partial charge in [-0.3, -0.25) is 4.79 Å². The molecule has 18 heavy (non-hydrogen) atoms. The normalized spacial score (nSPS) is 12.2. The number of carbonyl (C=O) groups excluding carboxylic acids is 1. The van der Waals surface area contributed by atoms with Gasteiger partial charge in [-0.1, -0.05) is 26.2 Å². The first kappa shape index (κ1) is 14.5. The highest BCUT2D eigenvalue weighted by Gasteiger charge is 2.11. The molecule has 0 aromatic heterocycles. The van der Waals surface area contributed by atoms with E-state index >= 15 is 0 Å². The number of hydrogen-bond acceptors (Lipinski definition) is 2. The predicted octanol–water partition coefficient (Wildman–Crippen LogP) is 3.11. The predicted molar refractivity (Wildman–Crippen MR) is 71.9 cm³/mol. The zero-order chi connectivity index (χ0) is 13.5. The van der Waals surface area contributed by atoms with Crippen LogP contribution in [0.2, 0.25) is 0 Å². The van der Waals surface area contributed by atoms with E-state index in [1.807, 2.05) is 6.92 Å². The van der Waals surface area contributed by atoms with Gasteiger partial charge in [0, 0.05) is 17.3 Å². The highest BCUT2D eigenvalue weighted by molar-refractivity contribution is 5.95. The number of benzene rings is 1. The lowest BCUT2D eigenvalue weighted by Crippen LogP contribution is -2.32. The summed E-state index contributed by atoms with van der Waals surface area (Å²) in [5.74, 6) is -0.760. The lowest BCUT2D eigenvalue weighted by atomic mass is 10.1. The van der Waals surface area contributed by atoms with Crippen LogP contribution in [0, 0.1) is 5.82 Å². The molecule has 1 unspecified atom stereocenters. The maximum Gasteiger partial charge on any atom is 0.251 e. The van der Waals surface area contributed by atoms with E-state index < -0.39 is 5.82 Å². The summed E-state index contributed by atoms with van der Waals surface area (Å²) in [6, 6.07) is 3.97. The number of nitrogen functional groups attached to an aromatic ring is 1. The summed E-state index contributed by atoms with van der Waals surface area (Å²) < 4.78 is 13.1.